The molecule has 214 valence electrons. The molecule has 0 aromatic heterocycles. The predicted octanol–water partition coefficient (Wildman–Crippen LogP) is 7.53. The molecule has 4 aromatic carbocycles. The summed E-state index contributed by atoms with van der Waals surface area (Å²) in [5.74, 6) is -0.474. The molecule has 0 aliphatic heterocycles. The molecule has 0 spiro atoms. The Balaban J connectivity index is 1.44. The van der Waals surface area contributed by atoms with Crippen molar-refractivity contribution in [2.24, 2.45) is 0 Å². The summed E-state index contributed by atoms with van der Waals surface area (Å²) in [6.07, 6.45) is 1.44. The second-order valence-electron chi connectivity index (χ2n) is 8.97. The lowest BCUT2D eigenvalue weighted by Gasteiger charge is -2.14. The molecule has 0 saturated heterocycles. The Labute approximate surface area is 258 Å². The van der Waals surface area contributed by atoms with Crippen LogP contribution in [-0.4, -0.2) is 30.1 Å². The van der Waals surface area contributed by atoms with Gasteiger partial charge in [-0.3, -0.25) is 14.4 Å². The van der Waals surface area contributed by atoms with Crippen LogP contribution >= 0.6 is 35.0 Å². The molecule has 0 saturated carbocycles. The monoisotopic (exact) mass is 619 g/mol. The normalized spacial score (nSPS) is 11.8. The first-order valence-electron chi connectivity index (χ1n) is 12.8. The Morgan fingerprint density at radius 1 is 0.786 bits per heavy atom. The van der Waals surface area contributed by atoms with E-state index in [0.717, 1.165) is 4.90 Å². The van der Waals surface area contributed by atoms with Crippen LogP contribution in [0.3, 0.4) is 0 Å². The fourth-order valence-electron chi connectivity index (χ4n) is 3.73. The van der Waals surface area contributed by atoms with Gasteiger partial charge in [-0.1, -0.05) is 47.5 Å². The van der Waals surface area contributed by atoms with Crippen molar-refractivity contribution in [3.63, 3.8) is 0 Å². The van der Waals surface area contributed by atoms with E-state index in [9.17, 15) is 14.4 Å². The molecule has 0 aliphatic rings. The minimum atomic E-state index is -0.567. The van der Waals surface area contributed by atoms with E-state index in [0.29, 0.717) is 38.3 Å². The highest BCUT2D eigenvalue weighted by Crippen LogP contribution is 2.28. The average molecular weight is 621 g/mol. The van der Waals surface area contributed by atoms with Crippen LogP contribution in [0.4, 0.5) is 11.4 Å². The molecule has 0 aliphatic carbocycles. The third kappa shape index (κ3) is 8.39. The number of hydrogen-bond acceptors (Lipinski definition) is 5. The van der Waals surface area contributed by atoms with Crippen LogP contribution in [0.5, 0.6) is 5.75 Å². The van der Waals surface area contributed by atoms with E-state index >= 15 is 0 Å². The summed E-state index contributed by atoms with van der Waals surface area (Å²) < 4.78 is 5.14. The molecule has 4 rings (SSSR count). The third-order valence-corrected chi connectivity index (χ3v) is 7.74. The number of ether oxygens (including phenoxy) is 1. The minimum absolute atomic E-state index is 0.0406. The van der Waals surface area contributed by atoms with Crippen molar-refractivity contribution in [3.05, 3.63) is 124 Å². The zero-order valence-corrected chi connectivity index (χ0v) is 25.0. The van der Waals surface area contributed by atoms with E-state index in [2.05, 4.69) is 16.0 Å². The van der Waals surface area contributed by atoms with Crippen LogP contribution < -0.4 is 20.7 Å². The lowest BCUT2D eigenvalue weighted by molar-refractivity contribution is -0.115. The van der Waals surface area contributed by atoms with E-state index in [1.807, 2.05) is 6.92 Å². The van der Waals surface area contributed by atoms with Gasteiger partial charge in [-0.2, -0.15) is 0 Å². The molecule has 0 heterocycles. The van der Waals surface area contributed by atoms with Gasteiger partial charge in [0.2, 0.25) is 5.91 Å². The first-order valence-corrected chi connectivity index (χ1v) is 14.4. The van der Waals surface area contributed by atoms with Crippen molar-refractivity contribution in [1.82, 2.24) is 5.32 Å². The number of carbonyl (C=O) groups is 3. The van der Waals surface area contributed by atoms with E-state index in [4.69, 9.17) is 27.9 Å². The van der Waals surface area contributed by atoms with Crippen molar-refractivity contribution < 1.29 is 19.1 Å². The second-order valence-corrected chi connectivity index (χ2v) is 11.2. The smallest absolute Gasteiger partial charge is 0.272 e. The summed E-state index contributed by atoms with van der Waals surface area (Å²) in [6.45, 7) is 1.81. The molecule has 4 aromatic rings. The second kappa shape index (κ2) is 14.6. The number of thioether (sulfide) groups is 1. The van der Waals surface area contributed by atoms with Crippen LogP contribution in [0, 0.1) is 0 Å². The highest BCUT2D eigenvalue weighted by Gasteiger charge is 2.18. The maximum Gasteiger partial charge on any atom is 0.272 e. The number of benzene rings is 4. The SMILES string of the molecule is COc1ccc(NC(=O)C(C)Sc2ccc(NC(=O)/C(=C/c3c(Cl)cccc3Cl)NC(=O)c3ccccc3)cc2)cc1. The van der Waals surface area contributed by atoms with Gasteiger partial charge in [0.25, 0.3) is 11.8 Å². The Kier molecular flexibility index (Phi) is 10.7. The van der Waals surface area contributed by atoms with E-state index in [1.165, 1.54) is 17.8 Å². The highest BCUT2D eigenvalue weighted by atomic mass is 35.5. The third-order valence-electron chi connectivity index (χ3n) is 5.97. The number of hydrogen-bond donors (Lipinski definition) is 3. The molecule has 3 amide bonds. The first-order chi connectivity index (χ1) is 20.2. The summed E-state index contributed by atoms with van der Waals surface area (Å²) in [6, 6.07) is 27.6. The largest absolute Gasteiger partial charge is 0.497 e. The number of carbonyl (C=O) groups excluding carboxylic acids is 3. The van der Waals surface area contributed by atoms with E-state index < -0.39 is 11.8 Å². The number of methoxy groups -OCH3 is 1. The van der Waals surface area contributed by atoms with Gasteiger partial charge in [0, 0.05) is 37.4 Å². The van der Waals surface area contributed by atoms with Crippen molar-refractivity contribution in [2.45, 2.75) is 17.1 Å². The molecular weight excluding hydrogens is 593 g/mol. The topological polar surface area (TPSA) is 96.5 Å². The molecule has 0 radical (unpaired) electrons. The summed E-state index contributed by atoms with van der Waals surface area (Å²) in [5, 5.41) is 8.63. The number of anilines is 2. The van der Waals surface area contributed by atoms with Crippen LogP contribution in [0.15, 0.2) is 108 Å². The van der Waals surface area contributed by atoms with Gasteiger partial charge in [-0.25, -0.2) is 0 Å². The van der Waals surface area contributed by atoms with Gasteiger partial charge in [0.05, 0.1) is 12.4 Å². The van der Waals surface area contributed by atoms with Crippen molar-refractivity contribution in [3.8, 4) is 5.75 Å². The van der Waals surface area contributed by atoms with Gasteiger partial charge in [-0.05, 0) is 85.8 Å². The van der Waals surface area contributed by atoms with Crippen molar-refractivity contribution in [1.29, 1.82) is 0 Å². The Bertz CT molecular complexity index is 1570. The summed E-state index contributed by atoms with van der Waals surface area (Å²) >= 11 is 14.0. The lowest BCUT2D eigenvalue weighted by atomic mass is 10.1. The van der Waals surface area contributed by atoms with Gasteiger partial charge in [-0.15, -0.1) is 11.8 Å². The standard InChI is InChI=1S/C32H27Cl2N3O4S/c1-20(30(38)35-22-11-15-24(41-2)16-12-22)42-25-17-13-23(14-18-25)36-32(40)29(19-26-27(33)9-6-10-28(26)34)37-31(39)21-7-4-3-5-8-21/h3-20H,1-2H3,(H,35,38)(H,36,40)(H,37,39)/b29-19-. The number of rotatable bonds is 10. The number of nitrogens with one attached hydrogen (secondary N) is 3. The Hall–Kier alpha value is -4.24. The molecule has 7 nitrogen and oxygen atoms in total. The van der Waals surface area contributed by atoms with Crippen LogP contribution in [-0.2, 0) is 9.59 Å². The lowest BCUT2D eigenvalue weighted by Crippen LogP contribution is -2.30. The van der Waals surface area contributed by atoms with E-state index in [-0.39, 0.29) is 16.9 Å². The van der Waals surface area contributed by atoms with Crippen LogP contribution in [0.2, 0.25) is 10.0 Å². The van der Waals surface area contributed by atoms with Gasteiger partial charge >= 0.3 is 0 Å². The molecule has 0 fully saturated rings. The Morgan fingerprint density at radius 3 is 2.00 bits per heavy atom. The number of halogens is 2. The van der Waals surface area contributed by atoms with Crippen molar-refractivity contribution >= 4 is 70.1 Å². The summed E-state index contributed by atoms with van der Waals surface area (Å²) in [7, 11) is 1.58. The van der Waals surface area contributed by atoms with Crippen LogP contribution in [0.1, 0.15) is 22.8 Å². The zero-order chi connectivity index (χ0) is 30.1. The quantitative estimate of drug-likeness (QED) is 0.126. The first kappa shape index (κ1) is 30.7. The maximum atomic E-state index is 13.3. The number of amides is 3. The molecule has 1 atom stereocenters. The van der Waals surface area contributed by atoms with Crippen LogP contribution in [0.25, 0.3) is 6.08 Å². The summed E-state index contributed by atoms with van der Waals surface area (Å²) in [4.78, 5) is 39.7. The Morgan fingerprint density at radius 2 is 1.38 bits per heavy atom. The average Bonchev–Trinajstić information content (AvgIpc) is 3.00. The predicted molar refractivity (Wildman–Crippen MR) is 170 cm³/mol. The molecule has 3 N–H and O–H groups in total. The van der Waals surface area contributed by atoms with Gasteiger partial charge in [0.1, 0.15) is 11.4 Å². The molecular formula is C32H27Cl2N3O4S. The molecule has 1 unspecified atom stereocenters. The fourth-order valence-corrected chi connectivity index (χ4v) is 5.10. The molecule has 10 heteroatoms. The summed E-state index contributed by atoms with van der Waals surface area (Å²) in [5.41, 5.74) is 1.90. The minimum Gasteiger partial charge on any atom is -0.497 e. The van der Waals surface area contributed by atoms with Crippen molar-refractivity contribution in [2.75, 3.05) is 17.7 Å². The van der Waals surface area contributed by atoms with Gasteiger partial charge in [0.15, 0.2) is 0 Å². The zero-order valence-electron chi connectivity index (χ0n) is 22.7. The molecule has 0 bridgehead atoms. The van der Waals surface area contributed by atoms with Gasteiger partial charge < -0.3 is 20.7 Å². The highest BCUT2D eigenvalue weighted by molar-refractivity contribution is 8.00. The fraction of sp³-hybridized carbons (Fsp3) is 0.0938. The maximum absolute atomic E-state index is 13.3. The molecule has 42 heavy (non-hydrogen) atoms. The van der Waals surface area contributed by atoms with E-state index in [1.54, 1.807) is 104 Å².